The van der Waals surface area contributed by atoms with E-state index in [9.17, 15) is 9.59 Å². The van der Waals surface area contributed by atoms with Gasteiger partial charge in [0.25, 0.3) is 5.91 Å². The lowest BCUT2D eigenvalue weighted by molar-refractivity contribution is -0.127. The molecule has 0 spiro atoms. The zero-order valence-corrected chi connectivity index (χ0v) is 11.1. The van der Waals surface area contributed by atoms with Crippen LogP contribution in [0.3, 0.4) is 0 Å². The molecule has 0 N–H and O–H groups in total. The van der Waals surface area contributed by atoms with Gasteiger partial charge in [-0.05, 0) is 25.5 Å². The smallest absolute Gasteiger partial charge is 0.250 e. The third kappa shape index (κ3) is 3.96. The molecule has 0 unspecified atom stereocenters. The number of para-hydroxylation sites is 1. The number of carbonyl (C=O) groups is 2. The number of hydroxylamine groups is 1. The molecule has 4 heteroatoms. The Kier molecular flexibility index (Phi) is 5.52. The third-order valence-electron chi connectivity index (χ3n) is 2.54. The fourth-order valence-electron chi connectivity index (χ4n) is 1.49. The largest absolute Gasteiger partial charge is 0.300 e. The van der Waals surface area contributed by atoms with Gasteiger partial charge in [0, 0.05) is 12.8 Å². The van der Waals surface area contributed by atoms with Crippen LogP contribution in [0.25, 0.3) is 0 Å². The van der Waals surface area contributed by atoms with Crippen molar-refractivity contribution in [3.05, 3.63) is 29.8 Å². The first-order chi connectivity index (χ1) is 8.56. The van der Waals surface area contributed by atoms with E-state index >= 15 is 0 Å². The maximum absolute atomic E-state index is 11.9. The highest BCUT2D eigenvalue weighted by Gasteiger charge is 2.16. The van der Waals surface area contributed by atoms with Crippen LogP contribution in [0.4, 0.5) is 5.69 Å². The topological polar surface area (TPSA) is 46.6 Å². The van der Waals surface area contributed by atoms with E-state index in [0.717, 1.165) is 11.3 Å². The summed E-state index contributed by atoms with van der Waals surface area (Å²) in [6.07, 6.45) is 0.660. The molecular weight excluding hydrogens is 230 g/mol. The number of ketones is 1. The number of nitrogens with zero attached hydrogens (tertiary/aromatic N) is 1. The minimum Gasteiger partial charge on any atom is -0.300 e. The van der Waals surface area contributed by atoms with Crippen LogP contribution in [0.2, 0.25) is 0 Å². The van der Waals surface area contributed by atoms with Crippen molar-refractivity contribution >= 4 is 17.4 Å². The van der Waals surface area contributed by atoms with Crippen LogP contribution in [-0.2, 0) is 14.4 Å². The molecule has 4 nitrogen and oxygen atoms in total. The van der Waals surface area contributed by atoms with Gasteiger partial charge in [-0.3, -0.25) is 14.4 Å². The first-order valence-electron chi connectivity index (χ1n) is 6.07. The summed E-state index contributed by atoms with van der Waals surface area (Å²) in [5, 5.41) is 1.29. The second kappa shape index (κ2) is 6.91. The number of rotatable bonds is 6. The van der Waals surface area contributed by atoms with E-state index in [2.05, 4.69) is 0 Å². The number of aryl methyl sites for hydroxylation is 1. The molecule has 1 rings (SSSR count). The fraction of sp³-hybridized carbons (Fsp3) is 0.429. The van der Waals surface area contributed by atoms with E-state index in [-0.39, 0.29) is 18.3 Å². The predicted molar refractivity (Wildman–Crippen MR) is 70.2 cm³/mol. The molecule has 1 aromatic rings. The second-order valence-electron chi connectivity index (χ2n) is 4.11. The van der Waals surface area contributed by atoms with Gasteiger partial charge < -0.3 is 0 Å². The van der Waals surface area contributed by atoms with Crippen molar-refractivity contribution in [1.82, 2.24) is 0 Å². The maximum atomic E-state index is 11.9. The van der Waals surface area contributed by atoms with Gasteiger partial charge in [0.05, 0.1) is 12.3 Å². The van der Waals surface area contributed by atoms with Gasteiger partial charge in [0.2, 0.25) is 0 Å². The van der Waals surface area contributed by atoms with Crippen LogP contribution in [0.5, 0.6) is 0 Å². The van der Waals surface area contributed by atoms with Crippen LogP contribution in [0, 0.1) is 6.92 Å². The minimum atomic E-state index is -0.118. The highest BCUT2D eigenvalue weighted by atomic mass is 16.7. The quantitative estimate of drug-likeness (QED) is 0.728. The zero-order valence-electron chi connectivity index (χ0n) is 11.1. The molecule has 0 heterocycles. The van der Waals surface area contributed by atoms with Gasteiger partial charge >= 0.3 is 0 Å². The first kappa shape index (κ1) is 14.4. The number of benzene rings is 1. The van der Waals surface area contributed by atoms with Gasteiger partial charge in [-0.15, -0.1) is 0 Å². The summed E-state index contributed by atoms with van der Waals surface area (Å²) >= 11 is 0. The number of hydrogen-bond acceptors (Lipinski definition) is 3. The first-order valence-corrected chi connectivity index (χ1v) is 6.07. The Morgan fingerprint density at radius 1 is 1.28 bits per heavy atom. The van der Waals surface area contributed by atoms with Crippen molar-refractivity contribution in [3.63, 3.8) is 0 Å². The summed E-state index contributed by atoms with van der Waals surface area (Å²) in [5.74, 6) is -0.0727. The van der Waals surface area contributed by atoms with Gasteiger partial charge in [-0.2, -0.15) is 5.06 Å². The Balaban J connectivity index is 2.82. The van der Waals surface area contributed by atoms with Crippen molar-refractivity contribution in [1.29, 1.82) is 0 Å². The Bertz CT molecular complexity index is 429. The molecule has 0 radical (unpaired) electrons. The molecular formula is C14H19NO3. The summed E-state index contributed by atoms with van der Waals surface area (Å²) in [5.41, 5.74) is 1.69. The van der Waals surface area contributed by atoms with Crippen molar-refractivity contribution < 1.29 is 14.4 Å². The van der Waals surface area contributed by atoms with E-state index in [1.54, 1.807) is 6.92 Å². The molecule has 0 saturated carbocycles. The van der Waals surface area contributed by atoms with Crippen LogP contribution >= 0.6 is 0 Å². The number of carbonyl (C=O) groups excluding carboxylic acids is 2. The second-order valence-corrected chi connectivity index (χ2v) is 4.11. The van der Waals surface area contributed by atoms with Crippen molar-refractivity contribution in [2.24, 2.45) is 0 Å². The molecule has 0 aliphatic heterocycles. The molecule has 0 aliphatic rings. The molecule has 98 valence electrons. The summed E-state index contributed by atoms with van der Waals surface area (Å²) in [4.78, 5) is 28.2. The Hall–Kier alpha value is -1.68. The molecule has 18 heavy (non-hydrogen) atoms. The lowest BCUT2D eigenvalue weighted by atomic mass is 10.2. The van der Waals surface area contributed by atoms with Gasteiger partial charge in [-0.25, -0.2) is 0 Å². The van der Waals surface area contributed by atoms with Crippen molar-refractivity contribution in [2.45, 2.75) is 33.6 Å². The summed E-state index contributed by atoms with van der Waals surface area (Å²) < 4.78 is 0. The molecule has 0 atom stereocenters. The summed E-state index contributed by atoms with van der Waals surface area (Å²) in [6, 6.07) is 7.51. The fourth-order valence-corrected chi connectivity index (χ4v) is 1.49. The van der Waals surface area contributed by atoms with Crippen molar-refractivity contribution in [2.75, 3.05) is 11.7 Å². The molecule has 0 aromatic heterocycles. The van der Waals surface area contributed by atoms with Crippen LogP contribution in [-0.4, -0.2) is 18.3 Å². The van der Waals surface area contributed by atoms with Gasteiger partial charge in [0.1, 0.15) is 5.78 Å². The Morgan fingerprint density at radius 2 is 1.94 bits per heavy atom. The molecule has 0 aliphatic carbocycles. The van der Waals surface area contributed by atoms with Gasteiger partial charge in [0.15, 0.2) is 0 Å². The Morgan fingerprint density at radius 3 is 2.50 bits per heavy atom. The van der Waals surface area contributed by atoms with E-state index in [1.807, 2.05) is 31.2 Å². The molecule has 0 fully saturated rings. The molecule has 1 amide bonds. The SMILES string of the molecule is CCC(=O)N(OCCC(C)=O)c1ccccc1C. The lowest BCUT2D eigenvalue weighted by Crippen LogP contribution is -2.31. The van der Waals surface area contributed by atoms with Crippen LogP contribution < -0.4 is 5.06 Å². The highest BCUT2D eigenvalue weighted by molar-refractivity contribution is 5.91. The summed E-state index contributed by atoms with van der Waals surface area (Å²) in [7, 11) is 0. The van der Waals surface area contributed by atoms with Crippen molar-refractivity contribution in [3.8, 4) is 0 Å². The van der Waals surface area contributed by atoms with E-state index in [1.165, 1.54) is 12.0 Å². The predicted octanol–water partition coefficient (Wildman–Crippen LogP) is 2.65. The molecule has 1 aromatic carbocycles. The average Bonchev–Trinajstić information content (AvgIpc) is 2.35. The van der Waals surface area contributed by atoms with Crippen LogP contribution in [0.1, 0.15) is 32.3 Å². The van der Waals surface area contributed by atoms with E-state index < -0.39 is 0 Å². The minimum absolute atomic E-state index is 0.0451. The number of Topliss-reactive ketones (excluding diaryl/α,β-unsaturated/α-hetero) is 1. The lowest BCUT2D eigenvalue weighted by Gasteiger charge is -2.22. The number of anilines is 1. The summed E-state index contributed by atoms with van der Waals surface area (Å²) in [6.45, 7) is 5.42. The third-order valence-corrected chi connectivity index (χ3v) is 2.54. The Labute approximate surface area is 108 Å². The molecule has 0 saturated heterocycles. The van der Waals surface area contributed by atoms with E-state index in [4.69, 9.17) is 4.84 Å². The standard InChI is InChI=1S/C14H19NO3/c1-4-14(17)15(18-10-9-12(3)16)13-8-6-5-7-11(13)2/h5-8H,4,9-10H2,1-3H3. The van der Waals surface area contributed by atoms with Crippen LogP contribution in [0.15, 0.2) is 24.3 Å². The number of hydrogen-bond donors (Lipinski definition) is 0. The average molecular weight is 249 g/mol. The van der Waals surface area contributed by atoms with E-state index in [0.29, 0.717) is 12.8 Å². The normalized spacial score (nSPS) is 10.2. The monoisotopic (exact) mass is 249 g/mol. The van der Waals surface area contributed by atoms with Gasteiger partial charge in [-0.1, -0.05) is 25.1 Å². The highest BCUT2D eigenvalue weighted by Crippen LogP contribution is 2.20. The zero-order chi connectivity index (χ0) is 13.5. The maximum Gasteiger partial charge on any atom is 0.250 e. The molecule has 0 bridgehead atoms. The number of amides is 1.